The van der Waals surface area contributed by atoms with E-state index in [9.17, 15) is 0 Å². The lowest BCUT2D eigenvalue weighted by molar-refractivity contribution is 1.19. The van der Waals surface area contributed by atoms with Crippen molar-refractivity contribution in [2.24, 2.45) is 0 Å². The molecular weight excluding hydrogens is 124 g/mol. The number of nitrogens with one attached hydrogen (secondary N) is 1. The Balaban J connectivity index is 2.95. The Bertz CT molecular complexity index is 246. The topological polar surface area (TPSA) is 28.7 Å². The fraction of sp³-hybridized carbons (Fsp3) is 0.375. The quantitative estimate of drug-likeness (QED) is 0.629. The van der Waals surface area contributed by atoms with Crippen LogP contribution in [0.15, 0.2) is 12.3 Å². The van der Waals surface area contributed by atoms with Crippen LogP contribution in [-0.4, -0.2) is 9.97 Å². The summed E-state index contributed by atoms with van der Waals surface area (Å²) >= 11 is 0. The molecule has 0 bridgehead atoms. The predicted molar refractivity (Wildman–Crippen MR) is 42.6 cm³/mol. The average Bonchev–Trinajstić information content (AvgIpc) is 2.34. The summed E-state index contributed by atoms with van der Waals surface area (Å²) in [6.45, 7) is 6.05. The van der Waals surface area contributed by atoms with Gasteiger partial charge < -0.3 is 4.98 Å². The average molecular weight is 136 g/mol. The summed E-state index contributed by atoms with van der Waals surface area (Å²) in [6.07, 6.45) is 3.88. The minimum Gasteiger partial charge on any atom is -0.342 e. The molecule has 1 rings (SSSR count). The summed E-state index contributed by atoms with van der Waals surface area (Å²) in [5.74, 6) is 0.972. The highest BCUT2D eigenvalue weighted by Crippen LogP contribution is 2.07. The zero-order valence-corrected chi connectivity index (χ0v) is 6.60. The molecule has 0 aromatic carbocycles. The number of hydrogen-bond donors (Lipinski definition) is 1. The summed E-state index contributed by atoms with van der Waals surface area (Å²) in [4.78, 5) is 7.31. The first-order chi connectivity index (χ1) is 4.74. The van der Waals surface area contributed by atoms with Crippen molar-refractivity contribution in [1.29, 1.82) is 0 Å². The third kappa shape index (κ3) is 1.26. The highest BCUT2D eigenvalue weighted by Gasteiger charge is 1.96. The fourth-order valence-corrected chi connectivity index (χ4v) is 0.750. The molecule has 0 amide bonds. The van der Waals surface area contributed by atoms with Gasteiger partial charge in [0.15, 0.2) is 0 Å². The van der Waals surface area contributed by atoms with Gasteiger partial charge in [0.1, 0.15) is 5.82 Å². The second-order valence-corrected chi connectivity index (χ2v) is 2.39. The van der Waals surface area contributed by atoms with Crippen molar-refractivity contribution in [3.63, 3.8) is 0 Å². The third-order valence-corrected chi connectivity index (χ3v) is 1.51. The molecule has 1 heterocycles. The van der Waals surface area contributed by atoms with Gasteiger partial charge in [-0.05, 0) is 26.3 Å². The zero-order valence-electron chi connectivity index (χ0n) is 6.60. The van der Waals surface area contributed by atoms with Crippen molar-refractivity contribution in [1.82, 2.24) is 9.97 Å². The van der Waals surface area contributed by atoms with E-state index >= 15 is 0 Å². The summed E-state index contributed by atoms with van der Waals surface area (Å²) in [5, 5.41) is 0. The van der Waals surface area contributed by atoms with E-state index in [0.717, 1.165) is 11.5 Å². The van der Waals surface area contributed by atoms with Gasteiger partial charge in [0.25, 0.3) is 0 Å². The first-order valence-corrected chi connectivity index (χ1v) is 3.39. The number of aromatic amines is 1. The van der Waals surface area contributed by atoms with Gasteiger partial charge >= 0.3 is 0 Å². The first kappa shape index (κ1) is 7.06. The van der Waals surface area contributed by atoms with Crippen molar-refractivity contribution in [3.05, 3.63) is 23.8 Å². The Labute approximate surface area is 61.0 Å². The maximum Gasteiger partial charge on any atom is 0.132 e. The number of nitrogens with zero attached hydrogens (tertiary/aromatic N) is 1. The van der Waals surface area contributed by atoms with E-state index in [1.807, 2.05) is 33.0 Å². The van der Waals surface area contributed by atoms with Crippen LogP contribution in [0.4, 0.5) is 0 Å². The normalized spacial score (nSPS) is 12.1. The van der Waals surface area contributed by atoms with Gasteiger partial charge in [-0.2, -0.15) is 0 Å². The molecular formula is C8H12N2. The second kappa shape index (κ2) is 2.69. The molecule has 0 atom stereocenters. The molecule has 0 saturated carbocycles. The van der Waals surface area contributed by atoms with Gasteiger partial charge in [-0.1, -0.05) is 6.08 Å². The molecule has 54 valence electrons. The van der Waals surface area contributed by atoms with Gasteiger partial charge in [0, 0.05) is 11.9 Å². The van der Waals surface area contributed by atoms with Crippen LogP contribution in [0, 0.1) is 6.92 Å². The van der Waals surface area contributed by atoms with Gasteiger partial charge in [0.05, 0.1) is 0 Å². The molecule has 0 aliphatic rings. The second-order valence-electron chi connectivity index (χ2n) is 2.39. The maximum atomic E-state index is 4.16. The fourth-order valence-electron chi connectivity index (χ4n) is 0.750. The van der Waals surface area contributed by atoms with Crippen LogP contribution < -0.4 is 0 Å². The molecule has 0 fully saturated rings. The lowest BCUT2D eigenvalue weighted by atomic mass is 10.3. The molecule has 1 aromatic heterocycles. The lowest BCUT2D eigenvalue weighted by Crippen LogP contribution is -1.80. The number of aromatic nitrogens is 2. The minimum atomic E-state index is 0.972. The van der Waals surface area contributed by atoms with Crippen molar-refractivity contribution in [2.75, 3.05) is 0 Å². The Morgan fingerprint density at radius 2 is 2.40 bits per heavy atom. The Morgan fingerprint density at radius 3 is 2.80 bits per heavy atom. The number of rotatable bonds is 1. The van der Waals surface area contributed by atoms with E-state index in [1.165, 1.54) is 5.57 Å². The van der Waals surface area contributed by atoms with Crippen molar-refractivity contribution in [2.45, 2.75) is 20.8 Å². The number of aryl methyl sites for hydroxylation is 1. The Kier molecular flexibility index (Phi) is 1.90. The molecule has 0 aliphatic carbocycles. The number of allylic oxidation sites excluding steroid dienone is 2. The molecule has 0 saturated heterocycles. The first-order valence-electron chi connectivity index (χ1n) is 3.39. The van der Waals surface area contributed by atoms with Gasteiger partial charge in [-0.3, -0.25) is 0 Å². The molecule has 0 spiro atoms. The molecule has 10 heavy (non-hydrogen) atoms. The van der Waals surface area contributed by atoms with Crippen LogP contribution in [0.5, 0.6) is 0 Å². The largest absolute Gasteiger partial charge is 0.342 e. The van der Waals surface area contributed by atoms with Crippen LogP contribution in [0.25, 0.3) is 5.57 Å². The molecule has 2 nitrogen and oxygen atoms in total. The third-order valence-electron chi connectivity index (χ3n) is 1.51. The van der Waals surface area contributed by atoms with E-state index < -0.39 is 0 Å². The summed E-state index contributed by atoms with van der Waals surface area (Å²) < 4.78 is 0. The van der Waals surface area contributed by atoms with E-state index in [4.69, 9.17) is 0 Å². The number of H-pyrrole nitrogens is 1. The molecule has 1 N–H and O–H groups in total. The zero-order chi connectivity index (χ0) is 7.56. The molecule has 1 aromatic rings. The summed E-state index contributed by atoms with van der Waals surface area (Å²) in [6, 6.07) is 0. The highest BCUT2D eigenvalue weighted by atomic mass is 14.9. The van der Waals surface area contributed by atoms with Crippen molar-refractivity contribution in [3.8, 4) is 0 Å². The van der Waals surface area contributed by atoms with Gasteiger partial charge in [-0.25, -0.2) is 4.98 Å². The summed E-state index contributed by atoms with van der Waals surface area (Å²) in [7, 11) is 0. The molecule has 2 heteroatoms. The van der Waals surface area contributed by atoms with Crippen LogP contribution in [0.3, 0.4) is 0 Å². The molecule has 0 radical (unpaired) electrons. The van der Waals surface area contributed by atoms with Gasteiger partial charge in [-0.15, -0.1) is 0 Å². The van der Waals surface area contributed by atoms with Gasteiger partial charge in [0.2, 0.25) is 0 Å². The Hall–Kier alpha value is -1.05. The SMILES string of the molecule is C/C=C(/C)c1ncc(C)[nH]1. The van der Waals surface area contributed by atoms with E-state index in [-0.39, 0.29) is 0 Å². The van der Waals surface area contributed by atoms with E-state index in [1.54, 1.807) is 0 Å². The maximum absolute atomic E-state index is 4.16. The van der Waals surface area contributed by atoms with Crippen molar-refractivity contribution >= 4 is 5.57 Å². The molecule has 0 aliphatic heterocycles. The van der Waals surface area contributed by atoms with Crippen LogP contribution in [-0.2, 0) is 0 Å². The van der Waals surface area contributed by atoms with E-state index in [2.05, 4.69) is 9.97 Å². The van der Waals surface area contributed by atoms with E-state index in [0.29, 0.717) is 0 Å². The van der Waals surface area contributed by atoms with Crippen molar-refractivity contribution < 1.29 is 0 Å². The predicted octanol–water partition coefficient (Wildman–Crippen LogP) is 2.14. The number of hydrogen-bond acceptors (Lipinski definition) is 1. The van der Waals surface area contributed by atoms with Crippen LogP contribution in [0.2, 0.25) is 0 Å². The van der Waals surface area contributed by atoms with Crippen LogP contribution in [0.1, 0.15) is 25.4 Å². The summed E-state index contributed by atoms with van der Waals surface area (Å²) in [5.41, 5.74) is 2.30. The smallest absolute Gasteiger partial charge is 0.132 e. The lowest BCUT2D eigenvalue weighted by Gasteiger charge is -1.91. The highest BCUT2D eigenvalue weighted by molar-refractivity contribution is 5.56. The molecule has 0 unspecified atom stereocenters. The standard InChI is InChI=1S/C8H12N2/c1-4-6(2)8-9-5-7(3)10-8/h4-5H,1-3H3,(H,9,10)/b6-4-. The Morgan fingerprint density at radius 1 is 1.70 bits per heavy atom. The van der Waals surface area contributed by atoms with Crippen LogP contribution >= 0.6 is 0 Å². The monoisotopic (exact) mass is 136 g/mol. The minimum absolute atomic E-state index is 0.972. The number of imidazole rings is 1.